The Labute approximate surface area is 168 Å². The summed E-state index contributed by atoms with van der Waals surface area (Å²) in [4.78, 5) is 23.8. The SMILES string of the molecule is NC(=O)c1ccc(NC(=O)CN(c2ccccc2)S(=O)(=O)c2ccccc2)cc1. The highest BCUT2D eigenvalue weighted by Crippen LogP contribution is 2.23. The highest BCUT2D eigenvalue weighted by Gasteiger charge is 2.27. The summed E-state index contributed by atoms with van der Waals surface area (Å²) in [6.45, 7) is -0.418. The van der Waals surface area contributed by atoms with Crippen LogP contribution in [0.2, 0.25) is 0 Å². The topological polar surface area (TPSA) is 110 Å². The number of rotatable bonds is 7. The molecule has 7 nitrogen and oxygen atoms in total. The lowest BCUT2D eigenvalue weighted by Gasteiger charge is -2.24. The smallest absolute Gasteiger partial charge is 0.264 e. The molecule has 0 spiro atoms. The molecule has 0 saturated heterocycles. The average molecular weight is 409 g/mol. The van der Waals surface area contributed by atoms with E-state index in [1.807, 2.05) is 0 Å². The fourth-order valence-electron chi connectivity index (χ4n) is 2.68. The van der Waals surface area contributed by atoms with Crippen LogP contribution in [0.1, 0.15) is 10.4 Å². The number of sulfonamides is 1. The number of primary amides is 1. The zero-order valence-electron chi connectivity index (χ0n) is 15.4. The van der Waals surface area contributed by atoms with Gasteiger partial charge in [-0.1, -0.05) is 36.4 Å². The summed E-state index contributed by atoms with van der Waals surface area (Å²) >= 11 is 0. The van der Waals surface area contributed by atoms with Gasteiger partial charge in [0.2, 0.25) is 11.8 Å². The Balaban J connectivity index is 1.86. The number of carbonyl (C=O) groups is 2. The van der Waals surface area contributed by atoms with E-state index in [0.717, 1.165) is 4.31 Å². The summed E-state index contributed by atoms with van der Waals surface area (Å²) in [5, 5.41) is 2.63. The highest BCUT2D eigenvalue weighted by atomic mass is 32.2. The first-order valence-corrected chi connectivity index (χ1v) is 10.1. The van der Waals surface area contributed by atoms with Crippen molar-refractivity contribution in [3.05, 3.63) is 90.5 Å². The fourth-order valence-corrected chi connectivity index (χ4v) is 4.12. The number of hydrogen-bond acceptors (Lipinski definition) is 4. The van der Waals surface area contributed by atoms with E-state index in [2.05, 4.69) is 5.32 Å². The zero-order valence-corrected chi connectivity index (χ0v) is 16.2. The molecule has 0 aromatic heterocycles. The van der Waals surface area contributed by atoms with Crippen molar-refractivity contribution in [2.75, 3.05) is 16.2 Å². The van der Waals surface area contributed by atoms with Crippen molar-refractivity contribution in [1.29, 1.82) is 0 Å². The molecule has 29 heavy (non-hydrogen) atoms. The molecule has 0 heterocycles. The van der Waals surface area contributed by atoms with Gasteiger partial charge in [-0.05, 0) is 48.5 Å². The number of nitrogens with one attached hydrogen (secondary N) is 1. The van der Waals surface area contributed by atoms with Crippen molar-refractivity contribution in [1.82, 2.24) is 0 Å². The Kier molecular flexibility index (Phi) is 5.94. The van der Waals surface area contributed by atoms with Gasteiger partial charge in [-0.2, -0.15) is 0 Å². The van der Waals surface area contributed by atoms with E-state index < -0.39 is 28.4 Å². The van der Waals surface area contributed by atoms with Crippen LogP contribution in [-0.4, -0.2) is 26.8 Å². The van der Waals surface area contributed by atoms with E-state index >= 15 is 0 Å². The van der Waals surface area contributed by atoms with E-state index in [0.29, 0.717) is 16.9 Å². The Morgan fingerprint density at radius 3 is 1.93 bits per heavy atom. The lowest BCUT2D eigenvalue weighted by atomic mass is 10.2. The normalized spacial score (nSPS) is 10.9. The van der Waals surface area contributed by atoms with Crippen LogP contribution in [0.3, 0.4) is 0 Å². The highest BCUT2D eigenvalue weighted by molar-refractivity contribution is 7.92. The molecule has 3 rings (SSSR count). The summed E-state index contributed by atoms with van der Waals surface area (Å²) in [5.74, 6) is -1.10. The third-order valence-corrected chi connectivity index (χ3v) is 5.90. The van der Waals surface area contributed by atoms with E-state index in [9.17, 15) is 18.0 Å². The van der Waals surface area contributed by atoms with Crippen molar-refractivity contribution < 1.29 is 18.0 Å². The number of para-hydroxylation sites is 1. The van der Waals surface area contributed by atoms with Crippen LogP contribution in [0, 0.1) is 0 Å². The number of nitrogens with zero attached hydrogens (tertiary/aromatic N) is 1. The lowest BCUT2D eigenvalue weighted by Crippen LogP contribution is -2.38. The van der Waals surface area contributed by atoms with Crippen molar-refractivity contribution in [3.63, 3.8) is 0 Å². The number of anilines is 2. The molecule has 0 fully saturated rings. The van der Waals surface area contributed by atoms with Gasteiger partial charge in [-0.15, -0.1) is 0 Å². The van der Waals surface area contributed by atoms with Gasteiger partial charge in [0.05, 0.1) is 10.6 Å². The second-order valence-corrected chi connectivity index (χ2v) is 8.01. The van der Waals surface area contributed by atoms with Gasteiger partial charge >= 0.3 is 0 Å². The molecule has 0 radical (unpaired) electrons. The Hall–Kier alpha value is -3.65. The molecule has 0 aliphatic rings. The van der Waals surface area contributed by atoms with Gasteiger partial charge in [0.25, 0.3) is 10.0 Å². The number of carbonyl (C=O) groups excluding carboxylic acids is 2. The molecule has 8 heteroatoms. The molecule has 0 aliphatic heterocycles. The molecule has 0 unspecified atom stereocenters. The molecule has 148 valence electrons. The summed E-state index contributed by atoms with van der Waals surface area (Å²) < 4.78 is 27.3. The van der Waals surface area contributed by atoms with Crippen LogP contribution in [0.15, 0.2) is 89.8 Å². The van der Waals surface area contributed by atoms with Gasteiger partial charge in [0, 0.05) is 11.3 Å². The quantitative estimate of drug-likeness (QED) is 0.625. The Morgan fingerprint density at radius 2 is 1.38 bits per heavy atom. The van der Waals surface area contributed by atoms with Gasteiger partial charge < -0.3 is 11.1 Å². The van der Waals surface area contributed by atoms with Crippen molar-refractivity contribution in [2.24, 2.45) is 5.73 Å². The Bertz CT molecular complexity index is 1100. The lowest BCUT2D eigenvalue weighted by molar-refractivity contribution is -0.114. The largest absolute Gasteiger partial charge is 0.366 e. The summed E-state index contributed by atoms with van der Waals surface area (Å²) in [6.07, 6.45) is 0. The molecular formula is C21H19N3O4S. The molecule has 3 aromatic rings. The first-order chi connectivity index (χ1) is 13.9. The maximum absolute atomic E-state index is 13.1. The molecule has 0 saturated carbocycles. The minimum Gasteiger partial charge on any atom is -0.366 e. The maximum atomic E-state index is 13.1. The van der Waals surface area contributed by atoms with Gasteiger partial charge in [0.1, 0.15) is 6.54 Å². The number of hydrogen-bond donors (Lipinski definition) is 2. The molecular weight excluding hydrogens is 390 g/mol. The molecule has 2 amide bonds. The minimum absolute atomic E-state index is 0.0856. The predicted molar refractivity (Wildman–Crippen MR) is 111 cm³/mol. The van der Waals surface area contributed by atoms with Crippen LogP contribution in [0.5, 0.6) is 0 Å². The number of benzene rings is 3. The first kappa shape index (κ1) is 20.1. The van der Waals surface area contributed by atoms with Gasteiger partial charge in [0.15, 0.2) is 0 Å². The third kappa shape index (κ3) is 4.80. The van der Waals surface area contributed by atoms with Crippen LogP contribution in [-0.2, 0) is 14.8 Å². The van der Waals surface area contributed by atoms with Crippen molar-refractivity contribution in [2.45, 2.75) is 4.90 Å². The van der Waals surface area contributed by atoms with E-state index in [4.69, 9.17) is 5.73 Å². The van der Waals surface area contributed by atoms with E-state index in [-0.39, 0.29) is 4.90 Å². The van der Waals surface area contributed by atoms with E-state index in [1.54, 1.807) is 48.5 Å². The molecule has 3 aromatic carbocycles. The van der Waals surface area contributed by atoms with Crippen LogP contribution in [0.25, 0.3) is 0 Å². The summed E-state index contributed by atoms with van der Waals surface area (Å²) in [7, 11) is -3.95. The monoisotopic (exact) mass is 409 g/mol. The zero-order chi connectivity index (χ0) is 20.9. The molecule has 3 N–H and O–H groups in total. The van der Waals surface area contributed by atoms with Gasteiger partial charge in [-0.25, -0.2) is 8.42 Å². The van der Waals surface area contributed by atoms with Gasteiger partial charge in [-0.3, -0.25) is 13.9 Å². The third-order valence-electron chi connectivity index (χ3n) is 4.12. The second-order valence-electron chi connectivity index (χ2n) is 6.15. The summed E-state index contributed by atoms with van der Waals surface area (Å²) in [6, 6.07) is 22.3. The Morgan fingerprint density at radius 1 is 0.828 bits per heavy atom. The minimum atomic E-state index is -3.95. The van der Waals surface area contributed by atoms with Crippen LogP contribution < -0.4 is 15.4 Å². The number of amides is 2. The summed E-state index contributed by atoms with van der Waals surface area (Å²) in [5.41, 5.74) is 6.30. The van der Waals surface area contributed by atoms with Crippen LogP contribution >= 0.6 is 0 Å². The number of nitrogens with two attached hydrogens (primary N) is 1. The average Bonchev–Trinajstić information content (AvgIpc) is 2.73. The standard InChI is InChI=1S/C21H19N3O4S/c22-21(26)16-11-13-17(14-12-16)23-20(25)15-24(18-7-3-1-4-8-18)29(27,28)19-9-5-2-6-10-19/h1-14H,15H2,(H2,22,26)(H,23,25). The molecule has 0 aliphatic carbocycles. The van der Waals surface area contributed by atoms with Crippen molar-refractivity contribution in [3.8, 4) is 0 Å². The first-order valence-electron chi connectivity index (χ1n) is 8.70. The second kappa shape index (κ2) is 8.57. The molecule has 0 atom stereocenters. The van der Waals surface area contributed by atoms with Crippen molar-refractivity contribution >= 4 is 33.2 Å². The van der Waals surface area contributed by atoms with Crippen LogP contribution in [0.4, 0.5) is 11.4 Å². The maximum Gasteiger partial charge on any atom is 0.264 e. The predicted octanol–water partition coefficient (Wildman–Crippen LogP) is 2.62. The fraction of sp³-hybridized carbons (Fsp3) is 0.0476. The van der Waals surface area contributed by atoms with E-state index in [1.165, 1.54) is 36.4 Å². The molecule has 0 bridgehead atoms.